The van der Waals surface area contributed by atoms with E-state index in [1.54, 1.807) is 0 Å². The van der Waals surface area contributed by atoms with Gasteiger partial charge in [0.15, 0.2) is 0 Å². The molecular formula is C17H21N3O2. The molecule has 0 aliphatic carbocycles. The van der Waals surface area contributed by atoms with Crippen molar-refractivity contribution in [3.63, 3.8) is 0 Å². The lowest BCUT2D eigenvalue weighted by molar-refractivity contribution is 0.745. The van der Waals surface area contributed by atoms with Crippen molar-refractivity contribution < 1.29 is 0 Å². The highest BCUT2D eigenvalue weighted by molar-refractivity contribution is 5.48. The molecule has 22 heavy (non-hydrogen) atoms. The number of hydrogen-bond donors (Lipinski definition) is 1. The summed E-state index contributed by atoms with van der Waals surface area (Å²) in [4.78, 5) is 29.5. The van der Waals surface area contributed by atoms with Gasteiger partial charge in [-0.2, -0.15) is 0 Å². The molecule has 1 aromatic carbocycles. The van der Waals surface area contributed by atoms with E-state index in [1.165, 1.54) is 12.6 Å². The van der Waals surface area contributed by atoms with Crippen LogP contribution in [-0.4, -0.2) is 22.6 Å². The van der Waals surface area contributed by atoms with Crippen LogP contribution in [0.5, 0.6) is 0 Å². The van der Waals surface area contributed by atoms with Gasteiger partial charge in [0, 0.05) is 26.6 Å². The Kier molecular flexibility index (Phi) is 3.88. The number of nitrogens with one attached hydrogen (secondary N) is 1. The number of aromatic nitrogens is 2. The molecule has 0 amide bonds. The predicted molar refractivity (Wildman–Crippen MR) is 87.7 cm³/mol. The summed E-state index contributed by atoms with van der Waals surface area (Å²) < 4.78 is 1.16. The Hall–Kier alpha value is -2.30. The van der Waals surface area contributed by atoms with Crippen molar-refractivity contribution in [1.82, 2.24) is 9.55 Å². The highest BCUT2D eigenvalue weighted by atomic mass is 16.2. The standard InChI is InChI=1S/C17H21N3O2/c1-12-5-7-13(8-6-12)11-14-15(20-9-3-4-10-20)18-17(22)19(2)16(14)21/h5-8H,3-4,9-11H2,1-2H3,(H,18,22). The van der Waals surface area contributed by atoms with Crippen molar-refractivity contribution in [2.75, 3.05) is 18.0 Å². The molecule has 5 heteroatoms. The summed E-state index contributed by atoms with van der Waals surface area (Å²) in [7, 11) is 1.52. The number of nitrogens with zero attached hydrogens (tertiary/aromatic N) is 2. The largest absolute Gasteiger partial charge is 0.358 e. The van der Waals surface area contributed by atoms with Crippen LogP contribution in [0.4, 0.5) is 5.82 Å². The molecule has 116 valence electrons. The maximum Gasteiger partial charge on any atom is 0.329 e. The maximum absolute atomic E-state index is 12.6. The van der Waals surface area contributed by atoms with Crippen molar-refractivity contribution in [2.24, 2.45) is 7.05 Å². The van der Waals surface area contributed by atoms with E-state index in [0.717, 1.165) is 36.1 Å². The number of rotatable bonds is 3. The van der Waals surface area contributed by atoms with Crippen LogP contribution in [0.3, 0.4) is 0 Å². The molecule has 1 fully saturated rings. The lowest BCUT2D eigenvalue weighted by atomic mass is 10.0. The average molecular weight is 299 g/mol. The van der Waals surface area contributed by atoms with Crippen LogP contribution >= 0.6 is 0 Å². The molecule has 0 atom stereocenters. The quantitative estimate of drug-likeness (QED) is 0.936. The molecule has 1 aliphatic rings. The Morgan fingerprint density at radius 2 is 1.73 bits per heavy atom. The molecule has 2 heterocycles. The first-order valence-electron chi connectivity index (χ1n) is 7.69. The topological polar surface area (TPSA) is 58.1 Å². The van der Waals surface area contributed by atoms with E-state index in [4.69, 9.17) is 0 Å². The zero-order valence-corrected chi connectivity index (χ0v) is 13.1. The van der Waals surface area contributed by atoms with E-state index >= 15 is 0 Å². The normalized spacial score (nSPS) is 14.5. The van der Waals surface area contributed by atoms with Gasteiger partial charge in [0.05, 0.1) is 5.56 Å². The summed E-state index contributed by atoms with van der Waals surface area (Å²) >= 11 is 0. The fourth-order valence-electron chi connectivity index (χ4n) is 2.94. The van der Waals surface area contributed by atoms with E-state index < -0.39 is 0 Å². The highest BCUT2D eigenvalue weighted by Gasteiger charge is 2.20. The van der Waals surface area contributed by atoms with Gasteiger partial charge in [0.25, 0.3) is 5.56 Å². The van der Waals surface area contributed by atoms with Crippen LogP contribution < -0.4 is 16.1 Å². The fraction of sp³-hybridized carbons (Fsp3) is 0.412. The first kappa shape index (κ1) is 14.6. The summed E-state index contributed by atoms with van der Waals surface area (Å²) in [5.74, 6) is 0.700. The van der Waals surface area contributed by atoms with Gasteiger partial charge in [-0.25, -0.2) is 4.79 Å². The second-order valence-corrected chi connectivity index (χ2v) is 5.98. The van der Waals surface area contributed by atoms with E-state index in [2.05, 4.69) is 9.88 Å². The molecule has 1 saturated heterocycles. The zero-order chi connectivity index (χ0) is 15.7. The third-order valence-electron chi connectivity index (χ3n) is 4.30. The molecule has 1 N–H and O–H groups in total. The average Bonchev–Trinajstić information content (AvgIpc) is 3.04. The number of aryl methyl sites for hydroxylation is 1. The van der Waals surface area contributed by atoms with Crippen LogP contribution in [0.15, 0.2) is 33.9 Å². The molecule has 1 aliphatic heterocycles. The van der Waals surface area contributed by atoms with Crippen LogP contribution in [0.1, 0.15) is 29.5 Å². The van der Waals surface area contributed by atoms with Gasteiger partial charge >= 0.3 is 5.69 Å². The smallest absolute Gasteiger partial charge is 0.329 e. The predicted octanol–water partition coefficient (Wildman–Crippen LogP) is 1.57. The summed E-state index contributed by atoms with van der Waals surface area (Å²) in [5.41, 5.74) is 2.40. The fourth-order valence-corrected chi connectivity index (χ4v) is 2.94. The van der Waals surface area contributed by atoms with Crippen LogP contribution in [0, 0.1) is 6.92 Å². The Morgan fingerprint density at radius 3 is 2.36 bits per heavy atom. The summed E-state index contributed by atoms with van der Waals surface area (Å²) in [6, 6.07) is 8.16. The Morgan fingerprint density at radius 1 is 1.09 bits per heavy atom. The van der Waals surface area contributed by atoms with Crippen molar-refractivity contribution in [1.29, 1.82) is 0 Å². The van der Waals surface area contributed by atoms with E-state index in [1.807, 2.05) is 31.2 Å². The van der Waals surface area contributed by atoms with Gasteiger partial charge in [0.1, 0.15) is 5.82 Å². The lowest BCUT2D eigenvalue weighted by Gasteiger charge is -2.20. The molecular weight excluding hydrogens is 278 g/mol. The van der Waals surface area contributed by atoms with Crippen LogP contribution in [0.2, 0.25) is 0 Å². The second kappa shape index (κ2) is 5.83. The molecule has 0 spiro atoms. The number of hydrogen-bond acceptors (Lipinski definition) is 3. The number of anilines is 1. The Balaban J connectivity index is 2.07. The van der Waals surface area contributed by atoms with Gasteiger partial charge in [-0.3, -0.25) is 14.3 Å². The number of benzene rings is 1. The Labute approximate surface area is 129 Å². The first-order chi connectivity index (χ1) is 10.6. The van der Waals surface area contributed by atoms with Gasteiger partial charge in [-0.05, 0) is 25.3 Å². The second-order valence-electron chi connectivity index (χ2n) is 5.98. The molecule has 0 radical (unpaired) electrons. The summed E-state index contributed by atoms with van der Waals surface area (Å²) in [6.07, 6.45) is 2.73. The van der Waals surface area contributed by atoms with Crippen molar-refractivity contribution in [3.05, 3.63) is 61.8 Å². The maximum atomic E-state index is 12.6. The van der Waals surface area contributed by atoms with Gasteiger partial charge in [0.2, 0.25) is 0 Å². The molecule has 0 bridgehead atoms. The third-order valence-corrected chi connectivity index (χ3v) is 4.30. The highest BCUT2D eigenvalue weighted by Crippen LogP contribution is 2.21. The van der Waals surface area contributed by atoms with E-state index in [-0.39, 0.29) is 11.2 Å². The van der Waals surface area contributed by atoms with Gasteiger partial charge in [-0.1, -0.05) is 29.8 Å². The molecule has 0 saturated carbocycles. The van der Waals surface area contributed by atoms with Crippen molar-refractivity contribution >= 4 is 5.82 Å². The van der Waals surface area contributed by atoms with Crippen molar-refractivity contribution in [2.45, 2.75) is 26.2 Å². The summed E-state index contributed by atoms with van der Waals surface area (Å²) in [5, 5.41) is 0. The molecule has 1 aromatic heterocycles. The van der Waals surface area contributed by atoms with Crippen LogP contribution in [-0.2, 0) is 13.5 Å². The third kappa shape index (κ3) is 2.71. The zero-order valence-electron chi connectivity index (χ0n) is 13.1. The summed E-state index contributed by atoms with van der Waals surface area (Å²) in [6.45, 7) is 3.83. The number of aromatic amines is 1. The van der Waals surface area contributed by atoms with Gasteiger partial charge in [-0.15, -0.1) is 0 Å². The number of H-pyrrole nitrogens is 1. The SMILES string of the molecule is Cc1ccc(Cc2c(N3CCCC3)[nH]c(=O)n(C)c2=O)cc1. The minimum absolute atomic E-state index is 0.203. The molecule has 0 unspecified atom stereocenters. The van der Waals surface area contributed by atoms with Crippen LogP contribution in [0.25, 0.3) is 0 Å². The molecule has 3 rings (SSSR count). The minimum Gasteiger partial charge on any atom is -0.358 e. The minimum atomic E-state index is -0.348. The Bertz CT molecular complexity index is 781. The first-order valence-corrected chi connectivity index (χ1v) is 7.69. The van der Waals surface area contributed by atoms with E-state index in [0.29, 0.717) is 17.8 Å². The monoisotopic (exact) mass is 299 g/mol. The van der Waals surface area contributed by atoms with E-state index in [9.17, 15) is 9.59 Å². The van der Waals surface area contributed by atoms with Gasteiger partial charge < -0.3 is 4.90 Å². The molecule has 5 nitrogen and oxygen atoms in total. The molecule has 2 aromatic rings. The lowest BCUT2D eigenvalue weighted by Crippen LogP contribution is -2.38. The van der Waals surface area contributed by atoms with Crippen molar-refractivity contribution in [3.8, 4) is 0 Å².